The first-order valence-electron chi connectivity index (χ1n) is 5.90. The maximum Gasteiger partial charge on any atom is 0.228 e. The average Bonchev–Trinajstić information content (AvgIpc) is 2.79. The topological polar surface area (TPSA) is 66.3 Å². The molecule has 1 aliphatic heterocycles. The van der Waals surface area contributed by atoms with Gasteiger partial charge < -0.3 is 5.11 Å². The van der Waals surface area contributed by atoms with Crippen LogP contribution in [0.15, 0.2) is 30.6 Å². The van der Waals surface area contributed by atoms with Gasteiger partial charge in [-0.05, 0) is 12.1 Å². The second kappa shape index (κ2) is 4.34. The molecule has 0 aliphatic carbocycles. The molecular formula is C13H13N3O2. The lowest BCUT2D eigenvalue weighted by Gasteiger charge is -2.16. The van der Waals surface area contributed by atoms with Gasteiger partial charge in [0.1, 0.15) is 5.52 Å². The molecule has 2 aromatic rings. The molecule has 1 amide bonds. The molecule has 0 spiro atoms. The molecule has 0 saturated carbocycles. The van der Waals surface area contributed by atoms with Crippen molar-refractivity contribution in [1.29, 1.82) is 0 Å². The molecule has 1 fully saturated rings. The number of nitrogens with zero attached hydrogens (tertiary/aromatic N) is 3. The van der Waals surface area contributed by atoms with Crippen LogP contribution < -0.4 is 4.90 Å². The van der Waals surface area contributed by atoms with Crippen LogP contribution in [0, 0.1) is 5.92 Å². The van der Waals surface area contributed by atoms with Crippen molar-refractivity contribution in [2.75, 3.05) is 18.1 Å². The van der Waals surface area contributed by atoms with Gasteiger partial charge in [0.15, 0.2) is 5.82 Å². The highest BCUT2D eigenvalue weighted by Gasteiger charge is 2.31. The molecule has 0 bridgehead atoms. The number of rotatable bonds is 2. The average molecular weight is 243 g/mol. The van der Waals surface area contributed by atoms with Gasteiger partial charge in [-0.25, -0.2) is 4.98 Å². The minimum absolute atomic E-state index is 0.000275. The first-order valence-corrected chi connectivity index (χ1v) is 5.90. The van der Waals surface area contributed by atoms with Gasteiger partial charge >= 0.3 is 0 Å². The number of amides is 1. The van der Waals surface area contributed by atoms with Gasteiger partial charge in [0.2, 0.25) is 5.91 Å². The second-order valence-electron chi connectivity index (χ2n) is 4.47. The Balaban J connectivity index is 2.07. The fourth-order valence-electron chi connectivity index (χ4n) is 2.29. The molecule has 0 aromatic carbocycles. The Morgan fingerprint density at radius 3 is 3.00 bits per heavy atom. The van der Waals surface area contributed by atoms with Crippen molar-refractivity contribution in [2.45, 2.75) is 6.42 Å². The highest BCUT2D eigenvalue weighted by Crippen LogP contribution is 2.27. The fourth-order valence-corrected chi connectivity index (χ4v) is 2.29. The molecule has 92 valence electrons. The van der Waals surface area contributed by atoms with E-state index in [1.54, 1.807) is 17.3 Å². The molecule has 1 atom stereocenters. The third-order valence-electron chi connectivity index (χ3n) is 3.22. The Hall–Kier alpha value is -2.01. The number of aliphatic hydroxyl groups excluding tert-OH is 1. The zero-order valence-corrected chi connectivity index (χ0v) is 9.78. The smallest absolute Gasteiger partial charge is 0.228 e. The van der Waals surface area contributed by atoms with Crippen molar-refractivity contribution in [3.05, 3.63) is 30.6 Å². The Morgan fingerprint density at radius 2 is 2.22 bits per heavy atom. The summed E-state index contributed by atoms with van der Waals surface area (Å²) in [6.45, 7) is 0.540. The SMILES string of the molecule is O=C1CC(CO)CN1c1nccc2cccnc12. The molecule has 18 heavy (non-hydrogen) atoms. The molecule has 1 N–H and O–H groups in total. The van der Waals surface area contributed by atoms with Crippen LogP contribution in [0.5, 0.6) is 0 Å². The van der Waals surface area contributed by atoms with Crippen molar-refractivity contribution >= 4 is 22.6 Å². The van der Waals surface area contributed by atoms with Gasteiger partial charge in [0, 0.05) is 43.3 Å². The number of hydrogen-bond acceptors (Lipinski definition) is 4. The summed E-state index contributed by atoms with van der Waals surface area (Å²) in [5, 5.41) is 10.1. The van der Waals surface area contributed by atoms with E-state index in [0.29, 0.717) is 18.8 Å². The molecule has 0 radical (unpaired) electrons. The Kier molecular flexibility index (Phi) is 2.68. The van der Waals surface area contributed by atoms with E-state index < -0.39 is 0 Å². The highest BCUT2D eigenvalue weighted by molar-refractivity contribution is 6.01. The molecule has 5 heteroatoms. The minimum atomic E-state index is -0.00160. The van der Waals surface area contributed by atoms with Gasteiger partial charge in [0.25, 0.3) is 0 Å². The molecule has 2 aromatic heterocycles. The van der Waals surface area contributed by atoms with Gasteiger partial charge in [-0.15, -0.1) is 0 Å². The van der Waals surface area contributed by atoms with Crippen LogP contribution in [0.4, 0.5) is 5.82 Å². The third kappa shape index (κ3) is 1.73. The predicted molar refractivity (Wildman–Crippen MR) is 67.1 cm³/mol. The molecule has 5 nitrogen and oxygen atoms in total. The summed E-state index contributed by atoms with van der Waals surface area (Å²) in [4.78, 5) is 22.1. The summed E-state index contributed by atoms with van der Waals surface area (Å²) in [5.41, 5.74) is 0.729. The highest BCUT2D eigenvalue weighted by atomic mass is 16.3. The number of aliphatic hydroxyl groups is 1. The number of hydrogen-bond donors (Lipinski definition) is 1. The van der Waals surface area contributed by atoms with Crippen LogP contribution in [0.2, 0.25) is 0 Å². The van der Waals surface area contributed by atoms with E-state index in [4.69, 9.17) is 5.11 Å². The molecule has 3 rings (SSSR count). The summed E-state index contributed by atoms with van der Waals surface area (Å²) in [5.74, 6) is 0.590. The van der Waals surface area contributed by atoms with Crippen LogP contribution in [0.3, 0.4) is 0 Å². The van der Waals surface area contributed by atoms with E-state index in [-0.39, 0.29) is 18.4 Å². The van der Waals surface area contributed by atoms with Gasteiger partial charge in [-0.1, -0.05) is 6.07 Å². The van der Waals surface area contributed by atoms with Gasteiger partial charge in [-0.3, -0.25) is 14.7 Å². The van der Waals surface area contributed by atoms with Gasteiger partial charge in [-0.2, -0.15) is 0 Å². The van der Waals surface area contributed by atoms with Crippen LogP contribution in [-0.2, 0) is 4.79 Å². The second-order valence-corrected chi connectivity index (χ2v) is 4.47. The molecule has 1 saturated heterocycles. The molecule has 1 aliphatic rings. The van der Waals surface area contributed by atoms with E-state index in [9.17, 15) is 4.79 Å². The van der Waals surface area contributed by atoms with Crippen molar-refractivity contribution in [3.8, 4) is 0 Å². The van der Waals surface area contributed by atoms with E-state index in [1.165, 1.54) is 0 Å². The third-order valence-corrected chi connectivity index (χ3v) is 3.22. The van der Waals surface area contributed by atoms with Crippen LogP contribution >= 0.6 is 0 Å². The monoisotopic (exact) mass is 243 g/mol. The summed E-state index contributed by atoms with van der Waals surface area (Å²) < 4.78 is 0. The fraction of sp³-hybridized carbons (Fsp3) is 0.308. The standard InChI is InChI=1S/C13H13N3O2/c17-8-9-6-11(18)16(7-9)13-12-10(3-5-15-13)2-1-4-14-12/h1-5,9,17H,6-8H2. The van der Waals surface area contributed by atoms with Crippen LogP contribution in [-0.4, -0.2) is 34.1 Å². The minimum Gasteiger partial charge on any atom is -0.396 e. The van der Waals surface area contributed by atoms with E-state index in [1.807, 2.05) is 18.2 Å². The maximum absolute atomic E-state index is 11.9. The van der Waals surface area contributed by atoms with Crippen molar-refractivity contribution in [3.63, 3.8) is 0 Å². The van der Waals surface area contributed by atoms with E-state index >= 15 is 0 Å². The molecular weight excluding hydrogens is 230 g/mol. The largest absolute Gasteiger partial charge is 0.396 e. The quantitative estimate of drug-likeness (QED) is 0.853. The molecule has 1 unspecified atom stereocenters. The normalized spacial score (nSPS) is 19.7. The number of anilines is 1. The Morgan fingerprint density at radius 1 is 1.33 bits per heavy atom. The summed E-state index contributed by atoms with van der Waals surface area (Å²) >= 11 is 0. The van der Waals surface area contributed by atoms with Crippen LogP contribution in [0.25, 0.3) is 10.9 Å². The number of carbonyl (C=O) groups excluding carboxylic acids is 1. The Labute approximate surface area is 104 Å². The number of aromatic nitrogens is 2. The van der Waals surface area contributed by atoms with Crippen molar-refractivity contribution < 1.29 is 9.90 Å². The number of pyridine rings is 2. The van der Waals surface area contributed by atoms with Gasteiger partial charge in [0.05, 0.1) is 0 Å². The lowest BCUT2D eigenvalue weighted by Crippen LogP contribution is -2.26. The number of carbonyl (C=O) groups is 1. The maximum atomic E-state index is 11.9. The van der Waals surface area contributed by atoms with Crippen molar-refractivity contribution in [2.24, 2.45) is 5.92 Å². The number of fused-ring (bicyclic) bond motifs is 1. The zero-order valence-electron chi connectivity index (χ0n) is 9.78. The summed E-state index contributed by atoms with van der Waals surface area (Å²) in [6.07, 6.45) is 3.75. The lowest BCUT2D eigenvalue weighted by molar-refractivity contribution is -0.117. The van der Waals surface area contributed by atoms with Crippen molar-refractivity contribution in [1.82, 2.24) is 9.97 Å². The lowest BCUT2D eigenvalue weighted by atomic mass is 10.1. The predicted octanol–water partition coefficient (Wildman–Crippen LogP) is 0.975. The first kappa shape index (κ1) is 11.1. The van der Waals surface area contributed by atoms with E-state index in [2.05, 4.69) is 9.97 Å². The van der Waals surface area contributed by atoms with E-state index in [0.717, 1.165) is 10.9 Å². The first-order chi connectivity index (χ1) is 8.79. The molecule has 3 heterocycles. The van der Waals surface area contributed by atoms with Crippen LogP contribution in [0.1, 0.15) is 6.42 Å². The summed E-state index contributed by atoms with van der Waals surface area (Å²) in [6, 6.07) is 5.67. The summed E-state index contributed by atoms with van der Waals surface area (Å²) in [7, 11) is 0. The zero-order chi connectivity index (χ0) is 12.5. The Bertz CT molecular complexity index is 594.